The molecule has 1 saturated heterocycles. The molecule has 0 unspecified atom stereocenters. The number of hydrogen-bond acceptors (Lipinski definition) is 2. The number of nitrogens with zero attached hydrogens (tertiary/aromatic N) is 2. The molecule has 2 heteroatoms. The average Bonchev–Trinajstić information content (AvgIpc) is 2.27. The van der Waals surface area contributed by atoms with Gasteiger partial charge in [-0.05, 0) is 71.2 Å². The molecule has 0 aromatic heterocycles. The molecule has 1 aliphatic rings. The van der Waals surface area contributed by atoms with Gasteiger partial charge in [-0.25, -0.2) is 0 Å². The molecule has 1 aromatic rings. The van der Waals surface area contributed by atoms with Crippen LogP contribution in [0.2, 0.25) is 0 Å². The minimum Gasteiger partial charge on any atom is -0.361 e. The predicted octanol–water partition coefficient (Wildman–Crippen LogP) is 4.11. The maximum atomic E-state index is 8.88. The van der Waals surface area contributed by atoms with E-state index in [1.54, 1.807) is 0 Å². The van der Waals surface area contributed by atoms with Crippen molar-refractivity contribution in [2.45, 2.75) is 58.0 Å². The first-order chi connectivity index (χ1) is 8.37. The van der Waals surface area contributed by atoms with Crippen LogP contribution in [0.1, 0.15) is 52.5 Å². The van der Waals surface area contributed by atoms with Gasteiger partial charge in [0.25, 0.3) is 0 Å². The monoisotopic (exact) mass is 242 g/mol. The van der Waals surface area contributed by atoms with Crippen molar-refractivity contribution in [1.82, 2.24) is 0 Å². The van der Waals surface area contributed by atoms with Crippen molar-refractivity contribution in [1.29, 1.82) is 5.26 Å². The Morgan fingerprint density at radius 2 is 1.50 bits per heavy atom. The van der Waals surface area contributed by atoms with Crippen LogP contribution in [0, 0.1) is 11.3 Å². The molecule has 2 rings (SSSR count). The summed E-state index contributed by atoms with van der Waals surface area (Å²) in [4.78, 5) is 2.52. The molecule has 0 spiro atoms. The molecule has 1 aliphatic heterocycles. The normalized spacial score (nSPS) is 21.4. The van der Waals surface area contributed by atoms with Crippen LogP contribution < -0.4 is 4.90 Å². The van der Waals surface area contributed by atoms with E-state index in [-0.39, 0.29) is 11.1 Å². The fourth-order valence-electron chi connectivity index (χ4n) is 3.38. The third-order valence-corrected chi connectivity index (χ3v) is 4.04. The third-order valence-electron chi connectivity index (χ3n) is 4.04. The quantitative estimate of drug-likeness (QED) is 0.741. The van der Waals surface area contributed by atoms with Gasteiger partial charge in [0.15, 0.2) is 0 Å². The third kappa shape index (κ3) is 2.22. The fourth-order valence-corrected chi connectivity index (χ4v) is 3.38. The highest BCUT2D eigenvalue weighted by Gasteiger charge is 2.41. The Morgan fingerprint density at radius 1 is 1.00 bits per heavy atom. The molecule has 1 fully saturated rings. The molecule has 0 atom stereocenters. The zero-order valence-corrected chi connectivity index (χ0v) is 11.8. The van der Waals surface area contributed by atoms with Crippen LogP contribution in [0.3, 0.4) is 0 Å². The smallest absolute Gasteiger partial charge is 0.0991 e. The molecular formula is C16H22N2. The zero-order valence-electron chi connectivity index (χ0n) is 11.8. The predicted molar refractivity (Wildman–Crippen MR) is 75.6 cm³/mol. The van der Waals surface area contributed by atoms with Gasteiger partial charge in [0, 0.05) is 16.8 Å². The van der Waals surface area contributed by atoms with E-state index in [1.165, 1.54) is 24.9 Å². The number of rotatable bonds is 1. The summed E-state index contributed by atoms with van der Waals surface area (Å²) >= 11 is 0. The molecule has 0 aliphatic carbocycles. The second-order valence-electron chi connectivity index (χ2n) is 6.47. The van der Waals surface area contributed by atoms with Crippen LogP contribution in [-0.2, 0) is 0 Å². The summed E-state index contributed by atoms with van der Waals surface area (Å²) < 4.78 is 0. The minimum atomic E-state index is 0.176. The Balaban J connectivity index is 2.41. The summed E-state index contributed by atoms with van der Waals surface area (Å²) in [5, 5.41) is 8.88. The minimum absolute atomic E-state index is 0.176. The van der Waals surface area contributed by atoms with Gasteiger partial charge in [-0.1, -0.05) is 0 Å². The Kier molecular flexibility index (Phi) is 3.11. The van der Waals surface area contributed by atoms with E-state index in [1.807, 2.05) is 12.1 Å². The van der Waals surface area contributed by atoms with Crippen LogP contribution in [0.4, 0.5) is 5.69 Å². The van der Waals surface area contributed by atoms with E-state index in [2.05, 4.69) is 50.8 Å². The van der Waals surface area contributed by atoms with Gasteiger partial charge in [-0.15, -0.1) is 0 Å². The Labute approximate surface area is 110 Å². The van der Waals surface area contributed by atoms with Crippen LogP contribution in [-0.4, -0.2) is 11.1 Å². The van der Waals surface area contributed by atoms with Crippen molar-refractivity contribution in [2.24, 2.45) is 0 Å². The lowest BCUT2D eigenvalue weighted by Gasteiger charge is -2.54. The second-order valence-corrected chi connectivity index (χ2v) is 6.47. The van der Waals surface area contributed by atoms with Crippen molar-refractivity contribution < 1.29 is 0 Å². The van der Waals surface area contributed by atoms with Crippen molar-refractivity contribution in [2.75, 3.05) is 4.90 Å². The van der Waals surface area contributed by atoms with Crippen molar-refractivity contribution in [3.05, 3.63) is 29.8 Å². The van der Waals surface area contributed by atoms with Crippen LogP contribution in [0.25, 0.3) is 0 Å². The molecule has 0 bridgehead atoms. The fraction of sp³-hybridized carbons (Fsp3) is 0.562. The second kappa shape index (κ2) is 4.31. The molecular weight excluding hydrogens is 220 g/mol. The highest BCUT2D eigenvalue weighted by atomic mass is 15.3. The number of piperidine rings is 1. The van der Waals surface area contributed by atoms with Gasteiger partial charge >= 0.3 is 0 Å². The number of benzene rings is 1. The lowest BCUT2D eigenvalue weighted by Crippen LogP contribution is -2.58. The van der Waals surface area contributed by atoms with Crippen molar-refractivity contribution >= 4 is 5.69 Å². The molecule has 0 N–H and O–H groups in total. The van der Waals surface area contributed by atoms with Crippen molar-refractivity contribution in [3.8, 4) is 6.07 Å². The highest BCUT2D eigenvalue weighted by molar-refractivity contribution is 5.54. The Hall–Kier alpha value is -1.49. The van der Waals surface area contributed by atoms with Gasteiger partial charge in [0.05, 0.1) is 11.6 Å². The molecule has 96 valence electrons. The van der Waals surface area contributed by atoms with Gasteiger partial charge < -0.3 is 4.90 Å². The first-order valence-corrected chi connectivity index (χ1v) is 6.67. The first-order valence-electron chi connectivity index (χ1n) is 6.67. The zero-order chi connectivity index (χ0) is 13.4. The molecule has 18 heavy (non-hydrogen) atoms. The highest BCUT2D eigenvalue weighted by Crippen LogP contribution is 2.41. The summed E-state index contributed by atoms with van der Waals surface area (Å²) in [5.74, 6) is 0. The topological polar surface area (TPSA) is 27.0 Å². The van der Waals surface area contributed by atoms with Crippen LogP contribution in [0.15, 0.2) is 24.3 Å². The van der Waals surface area contributed by atoms with E-state index in [0.29, 0.717) is 0 Å². The van der Waals surface area contributed by atoms with Crippen LogP contribution >= 0.6 is 0 Å². The van der Waals surface area contributed by atoms with E-state index >= 15 is 0 Å². The van der Waals surface area contributed by atoms with E-state index in [9.17, 15) is 0 Å². The SMILES string of the molecule is CC1(C)CCCC(C)(C)N1c1ccc(C#N)cc1. The summed E-state index contributed by atoms with van der Waals surface area (Å²) in [6.07, 6.45) is 3.72. The van der Waals surface area contributed by atoms with Gasteiger partial charge in [0.2, 0.25) is 0 Å². The molecule has 2 nitrogen and oxygen atoms in total. The Bertz CT molecular complexity index is 447. The average molecular weight is 242 g/mol. The van der Waals surface area contributed by atoms with Gasteiger partial charge in [0.1, 0.15) is 0 Å². The summed E-state index contributed by atoms with van der Waals surface area (Å²) in [6.45, 7) is 9.25. The maximum Gasteiger partial charge on any atom is 0.0991 e. The summed E-state index contributed by atoms with van der Waals surface area (Å²) in [7, 11) is 0. The Morgan fingerprint density at radius 3 is 1.94 bits per heavy atom. The van der Waals surface area contributed by atoms with Crippen molar-refractivity contribution in [3.63, 3.8) is 0 Å². The molecule has 0 saturated carbocycles. The number of hydrogen-bond donors (Lipinski definition) is 0. The van der Waals surface area contributed by atoms with E-state index in [4.69, 9.17) is 5.26 Å². The van der Waals surface area contributed by atoms with E-state index in [0.717, 1.165) is 5.56 Å². The molecule has 0 radical (unpaired) electrons. The largest absolute Gasteiger partial charge is 0.361 e. The lowest BCUT2D eigenvalue weighted by molar-refractivity contribution is 0.244. The van der Waals surface area contributed by atoms with Crippen LogP contribution in [0.5, 0.6) is 0 Å². The van der Waals surface area contributed by atoms with Gasteiger partial charge in [-0.3, -0.25) is 0 Å². The number of nitriles is 1. The van der Waals surface area contributed by atoms with E-state index < -0.39 is 0 Å². The maximum absolute atomic E-state index is 8.88. The lowest BCUT2D eigenvalue weighted by atomic mass is 9.79. The molecule has 1 heterocycles. The first kappa shape index (κ1) is 13.0. The van der Waals surface area contributed by atoms with Gasteiger partial charge in [-0.2, -0.15) is 5.26 Å². The standard InChI is InChI=1S/C16H22N2/c1-15(2)10-5-11-16(3,4)18(15)14-8-6-13(12-17)7-9-14/h6-9H,5,10-11H2,1-4H3. The molecule has 0 amide bonds. The summed E-state index contributed by atoms with van der Waals surface area (Å²) in [6, 6.07) is 10.2. The molecule has 1 aromatic carbocycles. The summed E-state index contributed by atoms with van der Waals surface area (Å²) in [5.41, 5.74) is 2.31. The number of anilines is 1.